The average Bonchev–Trinajstić information content (AvgIpc) is 2.96. The molecule has 3 rings (SSSR count). The molecule has 1 fully saturated rings. The SMILES string of the molecule is Cc1cc(N2CC([n+]3ccccc3)CC2C(N)=O)ccc1N.[Cl-]. The lowest BCUT2D eigenvalue weighted by Gasteiger charge is -2.24. The van der Waals surface area contributed by atoms with Crippen molar-refractivity contribution >= 4 is 17.3 Å². The quantitative estimate of drug-likeness (QED) is 0.513. The zero-order chi connectivity index (χ0) is 15.7. The molecule has 2 heterocycles. The molecular formula is C17H21ClN4O. The van der Waals surface area contributed by atoms with Crippen LogP contribution in [0.2, 0.25) is 0 Å². The summed E-state index contributed by atoms with van der Waals surface area (Å²) in [7, 11) is 0. The number of carbonyl (C=O) groups is 1. The maximum Gasteiger partial charge on any atom is 0.240 e. The maximum atomic E-state index is 11.9. The molecule has 0 saturated carbocycles. The van der Waals surface area contributed by atoms with E-state index in [1.165, 1.54) is 0 Å². The van der Waals surface area contributed by atoms with E-state index < -0.39 is 0 Å². The van der Waals surface area contributed by atoms with Gasteiger partial charge in [0.25, 0.3) is 0 Å². The second-order valence-electron chi connectivity index (χ2n) is 5.82. The number of nitrogens with two attached hydrogens (primary N) is 2. The number of halogens is 1. The number of amides is 1. The van der Waals surface area contributed by atoms with Crippen LogP contribution in [0.1, 0.15) is 18.0 Å². The Hall–Kier alpha value is -2.27. The summed E-state index contributed by atoms with van der Waals surface area (Å²) in [6, 6.07) is 11.8. The lowest BCUT2D eigenvalue weighted by atomic mass is 10.1. The van der Waals surface area contributed by atoms with Crippen LogP contribution in [0.25, 0.3) is 0 Å². The van der Waals surface area contributed by atoms with Gasteiger partial charge in [0, 0.05) is 29.9 Å². The van der Waals surface area contributed by atoms with Crippen molar-refractivity contribution in [1.29, 1.82) is 0 Å². The van der Waals surface area contributed by atoms with Crippen LogP contribution in [0.4, 0.5) is 11.4 Å². The number of hydrogen-bond acceptors (Lipinski definition) is 3. The molecule has 122 valence electrons. The minimum absolute atomic E-state index is 0. The highest BCUT2D eigenvalue weighted by Crippen LogP contribution is 2.31. The average molecular weight is 333 g/mol. The van der Waals surface area contributed by atoms with Crippen LogP contribution in [0.15, 0.2) is 48.8 Å². The fourth-order valence-electron chi connectivity index (χ4n) is 3.08. The van der Waals surface area contributed by atoms with Gasteiger partial charge in [0.15, 0.2) is 18.4 Å². The molecule has 23 heavy (non-hydrogen) atoms. The third-order valence-corrected chi connectivity index (χ3v) is 4.35. The van der Waals surface area contributed by atoms with Crippen LogP contribution in [-0.4, -0.2) is 18.5 Å². The van der Waals surface area contributed by atoms with E-state index >= 15 is 0 Å². The van der Waals surface area contributed by atoms with Crippen molar-refractivity contribution in [2.75, 3.05) is 17.2 Å². The van der Waals surface area contributed by atoms with Gasteiger partial charge in [-0.15, -0.1) is 0 Å². The second-order valence-corrected chi connectivity index (χ2v) is 5.82. The van der Waals surface area contributed by atoms with Crippen LogP contribution < -0.4 is 33.3 Å². The number of benzene rings is 1. The molecule has 2 aromatic rings. The molecule has 2 atom stereocenters. The molecule has 2 unspecified atom stereocenters. The van der Waals surface area contributed by atoms with E-state index in [-0.39, 0.29) is 30.4 Å². The van der Waals surface area contributed by atoms with Gasteiger partial charge in [-0.05, 0) is 30.7 Å². The highest BCUT2D eigenvalue weighted by atomic mass is 35.5. The molecule has 0 spiro atoms. The number of aromatic nitrogens is 1. The van der Waals surface area contributed by atoms with Gasteiger partial charge >= 0.3 is 0 Å². The van der Waals surface area contributed by atoms with Gasteiger partial charge in [-0.1, -0.05) is 6.07 Å². The van der Waals surface area contributed by atoms with E-state index in [0.29, 0.717) is 6.42 Å². The van der Waals surface area contributed by atoms with Crippen LogP contribution in [0.5, 0.6) is 0 Å². The zero-order valence-electron chi connectivity index (χ0n) is 13.0. The minimum Gasteiger partial charge on any atom is -1.00 e. The lowest BCUT2D eigenvalue weighted by molar-refractivity contribution is -0.718. The Morgan fingerprint density at radius 2 is 1.96 bits per heavy atom. The van der Waals surface area contributed by atoms with E-state index in [1.54, 1.807) is 0 Å². The van der Waals surface area contributed by atoms with Crippen molar-refractivity contribution in [3.8, 4) is 0 Å². The lowest BCUT2D eigenvalue weighted by Crippen LogP contribution is -3.00. The van der Waals surface area contributed by atoms with Crippen molar-refractivity contribution < 1.29 is 21.8 Å². The van der Waals surface area contributed by atoms with Gasteiger partial charge in [0.1, 0.15) is 6.04 Å². The molecule has 1 amide bonds. The number of hydrogen-bond donors (Lipinski definition) is 2. The van der Waals surface area contributed by atoms with Crippen LogP contribution in [0, 0.1) is 6.92 Å². The number of nitrogen functional groups attached to an aromatic ring is 1. The van der Waals surface area contributed by atoms with Crippen molar-refractivity contribution in [2.45, 2.75) is 25.4 Å². The molecule has 0 radical (unpaired) electrons. The zero-order valence-corrected chi connectivity index (χ0v) is 13.8. The molecule has 1 aliphatic rings. The summed E-state index contributed by atoms with van der Waals surface area (Å²) in [4.78, 5) is 13.9. The van der Waals surface area contributed by atoms with Gasteiger partial charge in [0.05, 0.1) is 6.54 Å². The molecule has 0 bridgehead atoms. The Morgan fingerprint density at radius 1 is 1.26 bits per heavy atom. The van der Waals surface area contributed by atoms with Crippen LogP contribution in [-0.2, 0) is 4.79 Å². The summed E-state index contributed by atoms with van der Waals surface area (Å²) < 4.78 is 2.14. The predicted octanol–water partition coefficient (Wildman–Crippen LogP) is -1.83. The van der Waals surface area contributed by atoms with Gasteiger partial charge in [0.2, 0.25) is 5.91 Å². The van der Waals surface area contributed by atoms with E-state index in [2.05, 4.69) is 9.47 Å². The fourth-order valence-corrected chi connectivity index (χ4v) is 3.08. The molecule has 6 heteroatoms. The number of anilines is 2. The Morgan fingerprint density at radius 3 is 2.57 bits per heavy atom. The normalized spacial score (nSPS) is 20.1. The molecule has 1 aromatic carbocycles. The van der Waals surface area contributed by atoms with Crippen molar-refractivity contribution in [3.63, 3.8) is 0 Å². The number of primary amides is 1. The first-order valence-corrected chi connectivity index (χ1v) is 7.44. The summed E-state index contributed by atoms with van der Waals surface area (Å²) in [6.45, 7) is 2.73. The summed E-state index contributed by atoms with van der Waals surface area (Å²) in [5, 5.41) is 0. The molecule has 5 nitrogen and oxygen atoms in total. The summed E-state index contributed by atoms with van der Waals surface area (Å²) in [6.07, 6.45) is 4.77. The molecule has 0 aliphatic carbocycles. The van der Waals surface area contributed by atoms with E-state index in [9.17, 15) is 4.79 Å². The van der Waals surface area contributed by atoms with Crippen molar-refractivity contribution in [3.05, 3.63) is 54.4 Å². The summed E-state index contributed by atoms with van der Waals surface area (Å²) in [5.41, 5.74) is 14.3. The number of nitrogens with zero attached hydrogens (tertiary/aromatic N) is 2. The van der Waals surface area contributed by atoms with Crippen molar-refractivity contribution in [1.82, 2.24) is 0 Å². The smallest absolute Gasteiger partial charge is 0.240 e. The Labute approximate surface area is 142 Å². The Kier molecular flexibility index (Phi) is 5.11. The van der Waals surface area contributed by atoms with Crippen LogP contribution in [0.3, 0.4) is 0 Å². The van der Waals surface area contributed by atoms with E-state index in [4.69, 9.17) is 11.5 Å². The van der Waals surface area contributed by atoms with Gasteiger partial charge in [-0.25, -0.2) is 4.57 Å². The third kappa shape index (κ3) is 3.40. The van der Waals surface area contributed by atoms with Gasteiger partial charge in [-0.3, -0.25) is 4.79 Å². The largest absolute Gasteiger partial charge is 1.00 e. The fraction of sp³-hybridized carbons (Fsp3) is 0.294. The van der Waals surface area contributed by atoms with Crippen LogP contribution >= 0.6 is 0 Å². The summed E-state index contributed by atoms with van der Waals surface area (Å²) in [5.74, 6) is -0.284. The predicted molar refractivity (Wildman–Crippen MR) is 86.2 cm³/mol. The Balaban J connectivity index is 0.00000192. The van der Waals surface area contributed by atoms with Gasteiger partial charge < -0.3 is 28.8 Å². The minimum atomic E-state index is -0.291. The topological polar surface area (TPSA) is 76.2 Å². The number of rotatable bonds is 3. The first-order valence-electron chi connectivity index (χ1n) is 7.44. The molecule has 1 aromatic heterocycles. The number of aryl methyl sites for hydroxylation is 1. The number of pyridine rings is 1. The molecular weight excluding hydrogens is 312 g/mol. The molecule has 4 N–H and O–H groups in total. The third-order valence-electron chi connectivity index (χ3n) is 4.35. The van der Waals surface area contributed by atoms with E-state index in [0.717, 1.165) is 23.5 Å². The van der Waals surface area contributed by atoms with Crippen molar-refractivity contribution in [2.24, 2.45) is 5.73 Å². The number of carbonyl (C=O) groups excluding carboxylic acids is 1. The van der Waals surface area contributed by atoms with Gasteiger partial charge in [-0.2, -0.15) is 0 Å². The monoisotopic (exact) mass is 332 g/mol. The Bertz CT molecular complexity index is 692. The molecule has 1 aliphatic heterocycles. The maximum absolute atomic E-state index is 11.9. The van der Waals surface area contributed by atoms with E-state index in [1.807, 2.05) is 55.7 Å². The first-order chi connectivity index (χ1) is 10.6. The standard InChI is InChI=1S/C17H20N4O.ClH/c1-12-9-13(5-6-15(12)18)21-11-14(10-16(21)17(19)22)20-7-3-2-4-8-20;/h2-9,14,16H,10-11,18H2,1H3,(H-,19,22);1H. The first kappa shape index (κ1) is 17.1. The molecule has 1 saturated heterocycles. The highest BCUT2D eigenvalue weighted by Gasteiger charge is 2.40. The highest BCUT2D eigenvalue weighted by molar-refractivity contribution is 5.84. The summed E-state index contributed by atoms with van der Waals surface area (Å²) >= 11 is 0. The second kappa shape index (κ2) is 6.87.